The molecule has 1 atom stereocenters. The van der Waals surface area contributed by atoms with Crippen molar-refractivity contribution in [3.8, 4) is 0 Å². The van der Waals surface area contributed by atoms with Crippen molar-refractivity contribution in [1.29, 1.82) is 0 Å². The molecule has 1 N–H and O–H groups in total. The maximum atomic E-state index is 13.4. The van der Waals surface area contributed by atoms with Crippen LogP contribution in [0, 0.1) is 5.82 Å². The van der Waals surface area contributed by atoms with Gasteiger partial charge in [0, 0.05) is 5.56 Å². The predicted molar refractivity (Wildman–Crippen MR) is 60.4 cm³/mol. The zero-order valence-corrected chi connectivity index (χ0v) is 9.89. The van der Waals surface area contributed by atoms with Crippen LogP contribution >= 0.6 is 0 Å². The fourth-order valence-corrected chi connectivity index (χ4v) is 1.50. The Balaban J connectivity index is 3.04. The van der Waals surface area contributed by atoms with E-state index in [9.17, 15) is 22.7 Å². The topological polar surface area (TPSA) is 20.2 Å². The standard InChI is InChI=1S/C13H14F4O/c1-3-8(2)6-12(18)10-7-9(13(15,16)17)4-5-11(10)14/h4-5,7,12,18H,2-3,6H2,1H3. The molecule has 0 aliphatic rings. The molecule has 1 aromatic rings. The van der Waals surface area contributed by atoms with Gasteiger partial charge in [0.05, 0.1) is 11.7 Å². The number of benzene rings is 1. The molecule has 18 heavy (non-hydrogen) atoms. The lowest BCUT2D eigenvalue weighted by molar-refractivity contribution is -0.137. The van der Waals surface area contributed by atoms with Gasteiger partial charge in [-0.2, -0.15) is 13.2 Å². The molecule has 0 saturated heterocycles. The Labute approximate surface area is 103 Å². The van der Waals surface area contributed by atoms with E-state index in [4.69, 9.17) is 0 Å². The van der Waals surface area contributed by atoms with Gasteiger partial charge in [0.1, 0.15) is 5.82 Å². The Hall–Kier alpha value is -1.36. The van der Waals surface area contributed by atoms with E-state index in [1.165, 1.54) is 0 Å². The molecule has 1 unspecified atom stereocenters. The highest BCUT2D eigenvalue weighted by molar-refractivity contribution is 5.29. The van der Waals surface area contributed by atoms with Crippen molar-refractivity contribution in [2.75, 3.05) is 0 Å². The fraction of sp³-hybridized carbons (Fsp3) is 0.385. The van der Waals surface area contributed by atoms with Crippen molar-refractivity contribution >= 4 is 0 Å². The highest BCUT2D eigenvalue weighted by Gasteiger charge is 2.31. The van der Waals surface area contributed by atoms with Gasteiger partial charge in [-0.25, -0.2) is 4.39 Å². The maximum absolute atomic E-state index is 13.4. The van der Waals surface area contributed by atoms with Gasteiger partial charge in [0.25, 0.3) is 0 Å². The van der Waals surface area contributed by atoms with Crippen LogP contribution < -0.4 is 0 Å². The van der Waals surface area contributed by atoms with Gasteiger partial charge in [-0.1, -0.05) is 19.1 Å². The summed E-state index contributed by atoms with van der Waals surface area (Å²) in [5.74, 6) is -0.848. The summed E-state index contributed by atoms with van der Waals surface area (Å²) in [6.07, 6.45) is -5.23. The van der Waals surface area contributed by atoms with E-state index in [0.717, 1.165) is 6.07 Å². The third-order valence-corrected chi connectivity index (χ3v) is 2.66. The number of hydrogen-bond donors (Lipinski definition) is 1. The minimum Gasteiger partial charge on any atom is -0.388 e. The van der Waals surface area contributed by atoms with Crippen LogP contribution in [0.3, 0.4) is 0 Å². The second kappa shape index (κ2) is 5.52. The van der Waals surface area contributed by atoms with Gasteiger partial charge in [-0.05, 0) is 31.0 Å². The lowest BCUT2D eigenvalue weighted by Crippen LogP contribution is -2.09. The Morgan fingerprint density at radius 3 is 2.50 bits per heavy atom. The highest BCUT2D eigenvalue weighted by Crippen LogP contribution is 2.33. The van der Waals surface area contributed by atoms with Crippen LogP contribution in [0.25, 0.3) is 0 Å². The van der Waals surface area contributed by atoms with Gasteiger partial charge in [-0.15, -0.1) is 0 Å². The second-order valence-corrected chi connectivity index (χ2v) is 4.06. The van der Waals surface area contributed by atoms with Crippen LogP contribution in [-0.2, 0) is 6.18 Å². The molecule has 0 fully saturated rings. The molecule has 100 valence electrons. The van der Waals surface area contributed by atoms with Gasteiger partial charge in [0.15, 0.2) is 0 Å². The molecule has 0 radical (unpaired) electrons. The molecular formula is C13H14F4O. The molecule has 5 heteroatoms. The highest BCUT2D eigenvalue weighted by atomic mass is 19.4. The van der Waals surface area contributed by atoms with Gasteiger partial charge < -0.3 is 5.11 Å². The molecule has 1 rings (SSSR count). The van der Waals surface area contributed by atoms with Crippen LogP contribution in [0.2, 0.25) is 0 Å². The van der Waals surface area contributed by atoms with E-state index in [2.05, 4.69) is 6.58 Å². The summed E-state index contributed by atoms with van der Waals surface area (Å²) in [4.78, 5) is 0. The molecule has 0 saturated carbocycles. The number of aliphatic hydroxyl groups is 1. The fourth-order valence-electron chi connectivity index (χ4n) is 1.50. The number of hydrogen-bond acceptors (Lipinski definition) is 1. The summed E-state index contributed by atoms with van der Waals surface area (Å²) in [5, 5.41) is 9.72. The first-order valence-corrected chi connectivity index (χ1v) is 5.47. The van der Waals surface area contributed by atoms with E-state index in [1.807, 2.05) is 0 Å². The van der Waals surface area contributed by atoms with E-state index in [1.54, 1.807) is 6.92 Å². The van der Waals surface area contributed by atoms with Crippen LogP contribution in [0.5, 0.6) is 0 Å². The van der Waals surface area contributed by atoms with Gasteiger partial charge in [-0.3, -0.25) is 0 Å². The van der Waals surface area contributed by atoms with Crippen molar-refractivity contribution in [3.63, 3.8) is 0 Å². The molecule has 0 heterocycles. The molecule has 0 aliphatic carbocycles. The zero-order valence-electron chi connectivity index (χ0n) is 9.89. The minimum absolute atomic E-state index is 0.0503. The van der Waals surface area contributed by atoms with E-state index < -0.39 is 23.7 Å². The smallest absolute Gasteiger partial charge is 0.388 e. The average molecular weight is 262 g/mol. The Kier molecular flexibility index (Phi) is 4.51. The summed E-state index contributed by atoms with van der Waals surface area (Å²) < 4.78 is 50.8. The maximum Gasteiger partial charge on any atom is 0.416 e. The summed E-state index contributed by atoms with van der Waals surface area (Å²) in [5.41, 5.74) is -0.668. The Morgan fingerprint density at radius 2 is 2.00 bits per heavy atom. The molecule has 1 aromatic carbocycles. The Bertz CT molecular complexity index is 437. The molecule has 0 aliphatic heterocycles. The quantitative estimate of drug-likeness (QED) is 0.635. The van der Waals surface area contributed by atoms with Gasteiger partial charge in [0.2, 0.25) is 0 Å². The molecular weight excluding hydrogens is 248 g/mol. The summed E-state index contributed by atoms with van der Waals surface area (Å²) in [6, 6.07) is 2.01. The second-order valence-electron chi connectivity index (χ2n) is 4.06. The number of halogens is 4. The normalized spacial score (nSPS) is 13.4. The van der Waals surface area contributed by atoms with Crippen molar-refractivity contribution in [2.24, 2.45) is 0 Å². The first-order chi connectivity index (χ1) is 8.25. The molecule has 0 amide bonds. The lowest BCUT2D eigenvalue weighted by Gasteiger charge is -2.15. The summed E-state index contributed by atoms with van der Waals surface area (Å²) in [7, 11) is 0. The third-order valence-electron chi connectivity index (χ3n) is 2.66. The first kappa shape index (κ1) is 14.7. The van der Waals surface area contributed by atoms with Crippen LogP contribution in [0.1, 0.15) is 37.0 Å². The van der Waals surface area contributed by atoms with Crippen molar-refractivity contribution in [2.45, 2.75) is 32.0 Å². The largest absolute Gasteiger partial charge is 0.416 e. The van der Waals surface area contributed by atoms with Crippen LogP contribution in [0.4, 0.5) is 17.6 Å². The van der Waals surface area contributed by atoms with E-state index >= 15 is 0 Å². The first-order valence-electron chi connectivity index (χ1n) is 5.47. The monoisotopic (exact) mass is 262 g/mol. The Morgan fingerprint density at radius 1 is 1.39 bits per heavy atom. The molecule has 0 bridgehead atoms. The van der Waals surface area contributed by atoms with Crippen LogP contribution in [-0.4, -0.2) is 5.11 Å². The van der Waals surface area contributed by atoms with Crippen molar-refractivity contribution < 1.29 is 22.7 Å². The summed E-state index contributed by atoms with van der Waals surface area (Å²) >= 11 is 0. The van der Waals surface area contributed by atoms with E-state index in [0.29, 0.717) is 24.1 Å². The average Bonchev–Trinajstić information content (AvgIpc) is 2.27. The number of alkyl halides is 3. The third kappa shape index (κ3) is 3.57. The molecule has 0 aromatic heterocycles. The molecule has 0 spiro atoms. The van der Waals surface area contributed by atoms with E-state index in [-0.39, 0.29) is 12.0 Å². The summed E-state index contributed by atoms with van der Waals surface area (Å²) in [6.45, 7) is 5.44. The van der Waals surface area contributed by atoms with Gasteiger partial charge >= 0.3 is 6.18 Å². The lowest BCUT2D eigenvalue weighted by atomic mass is 9.99. The van der Waals surface area contributed by atoms with Crippen molar-refractivity contribution in [1.82, 2.24) is 0 Å². The molecule has 1 nitrogen and oxygen atoms in total. The zero-order chi connectivity index (χ0) is 13.9. The SMILES string of the molecule is C=C(CC)CC(O)c1cc(C(F)(F)F)ccc1F. The van der Waals surface area contributed by atoms with Crippen molar-refractivity contribution in [3.05, 3.63) is 47.3 Å². The number of rotatable bonds is 4. The minimum atomic E-state index is -4.55. The van der Waals surface area contributed by atoms with Crippen LogP contribution in [0.15, 0.2) is 30.4 Å². The predicted octanol–water partition coefficient (Wildman–Crippen LogP) is 4.23. The number of aliphatic hydroxyl groups excluding tert-OH is 1.